The second kappa shape index (κ2) is 8.49. The van der Waals surface area contributed by atoms with Crippen molar-refractivity contribution in [3.63, 3.8) is 0 Å². The Hall–Kier alpha value is -3.63. The highest BCUT2D eigenvalue weighted by atomic mass is 19.4. The molecule has 2 aromatic carbocycles. The van der Waals surface area contributed by atoms with Crippen LogP contribution in [-0.2, 0) is 0 Å². The second-order valence-corrected chi connectivity index (χ2v) is 11.0. The number of H-pyrrole nitrogens is 1. The van der Waals surface area contributed by atoms with Gasteiger partial charge in [0.05, 0.1) is 11.0 Å². The fourth-order valence-electron chi connectivity index (χ4n) is 5.82. The van der Waals surface area contributed by atoms with Gasteiger partial charge in [0.1, 0.15) is 5.75 Å². The highest BCUT2D eigenvalue weighted by Gasteiger charge is 2.40. The van der Waals surface area contributed by atoms with E-state index >= 15 is 0 Å². The summed E-state index contributed by atoms with van der Waals surface area (Å²) >= 11 is 0. The zero-order valence-corrected chi connectivity index (χ0v) is 20.5. The molecule has 2 aromatic heterocycles. The van der Waals surface area contributed by atoms with E-state index in [1.807, 2.05) is 18.2 Å². The molecule has 2 N–H and O–H groups in total. The van der Waals surface area contributed by atoms with Gasteiger partial charge in [-0.1, -0.05) is 27.7 Å². The number of aromatic amines is 1. The molecule has 0 unspecified atom stereocenters. The van der Waals surface area contributed by atoms with Gasteiger partial charge in [0.15, 0.2) is 0 Å². The lowest BCUT2D eigenvalue weighted by Gasteiger charge is -2.45. The lowest BCUT2D eigenvalue weighted by Crippen LogP contribution is -2.35. The van der Waals surface area contributed by atoms with Crippen LogP contribution in [0.3, 0.4) is 0 Å². The van der Waals surface area contributed by atoms with Crippen LogP contribution in [0.2, 0.25) is 0 Å². The molecule has 8 nitrogen and oxygen atoms in total. The van der Waals surface area contributed by atoms with Gasteiger partial charge >= 0.3 is 6.36 Å². The maximum atomic E-state index is 12.6. The van der Waals surface area contributed by atoms with Gasteiger partial charge in [-0.2, -0.15) is 5.21 Å². The number of hydrogen-bond acceptors (Lipinski definition) is 6. The van der Waals surface area contributed by atoms with Gasteiger partial charge in [-0.15, -0.1) is 23.4 Å². The molecule has 0 atom stereocenters. The van der Waals surface area contributed by atoms with Gasteiger partial charge in [0.25, 0.3) is 0 Å². The van der Waals surface area contributed by atoms with E-state index < -0.39 is 6.36 Å². The van der Waals surface area contributed by atoms with Crippen molar-refractivity contribution < 1.29 is 17.9 Å². The van der Waals surface area contributed by atoms with Crippen molar-refractivity contribution in [1.82, 2.24) is 30.2 Å². The molecular formula is C25H28F3N7O. The number of ether oxygens (including phenoxy) is 1. The molecule has 11 heteroatoms. The monoisotopic (exact) mass is 499 g/mol. The fraction of sp³-hybridized carbons (Fsp3) is 0.440. The summed E-state index contributed by atoms with van der Waals surface area (Å²) in [6.07, 6.45) is -1.67. The standard InChI is InChI=1S/C25H28F3N7O/c1-23(2)12-17(13-24(3,4)14-23)35-20-10-5-15(21-31-33-34-32-21)11-19(20)30-22(35)29-16-6-8-18(9-7-16)36-25(26,27)28/h5-11,17H,12-14H2,1-4H3,(H,29,30)(H,31,32,33,34). The number of anilines is 2. The molecule has 0 bridgehead atoms. The Morgan fingerprint density at radius 3 is 2.33 bits per heavy atom. The molecule has 4 aromatic rings. The third-order valence-electron chi connectivity index (χ3n) is 6.54. The van der Waals surface area contributed by atoms with Crippen LogP contribution in [0.25, 0.3) is 22.4 Å². The third-order valence-corrected chi connectivity index (χ3v) is 6.54. The number of imidazole rings is 1. The average Bonchev–Trinajstić information content (AvgIpc) is 3.39. The molecule has 36 heavy (non-hydrogen) atoms. The van der Waals surface area contributed by atoms with Gasteiger partial charge in [0.2, 0.25) is 11.8 Å². The Morgan fingerprint density at radius 1 is 1.03 bits per heavy atom. The quantitative estimate of drug-likeness (QED) is 0.320. The summed E-state index contributed by atoms with van der Waals surface area (Å²) in [5.74, 6) is 0.821. The van der Waals surface area contributed by atoms with E-state index in [0.29, 0.717) is 17.5 Å². The molecule has 1 aliphatic carbocycles. The molecule has 1 saturated carbocycles. The number of fused-ring (bicyclic) bond motifs is 1. The first-order valence-electron chi connectivity index (χ1n) is 11.8. The largest absolute Gasteiger partial charge is 0.573 e. The maximum absolute atomic E-state index is 12.6. The van der Waals surface area contributed by atoms with E-state index in [1.54, 1.807) is 12.1 Å². The molecule has 0 spiro atoms. The van der Waals surface area contributed by atoms with Crippen LogP contribution in [-0.4, -0.2) is 36.5 Å². The number of benzene rings is 2. The Balaban J connectivity index is 1.55. The highest BCUT2D eigenvalue weighted by molar-refractivity contribution is 5.84. The zero-order valence-electron chi connectivity index (χ0n) is 20.5. The summed E-state index contributed by atoms with van der Waals surface area (Å²) in [7, 11) is 0. The number of halogens is 3. The second-order valence-electron chi connectivity index (χ2n) is 11.0. The summed E-state index contributed by atoms with van der Waals surface area (Å²) in [5, 5.41) is 17.6. The number of hydrogen-bond donors (Lipinski definition) is 2. The van der Waals surface area contributed by atoms with Gasteiger partial charge in [0, 0.05) is 17.3 Å². The number of tetrazole rings is 1. The first-order valence-corrected chi connectivity index (χ1v) is 11.8. The number of nitrogens with one attached hydrogen (secondary N) is 2. The Labute approximate surface area is 206 Å². The lowest BCUT2D eigenvalue weighted by atomic mass is 9.63. The van der Waals surface area contributed by atoms with Gasteiger partial charge in [-0.25, -0.2) is 4.98 Å². The summed E-state index contributed by atoms with van der Waals surface area (Å²) in [4.78, 5) is 4.89. The molecule has 1 aliphatic rings. The van der Waals surface area contributed by atoms with Crippen LogP contribution in [0, 0.1) is 10.8 Å². The van der Waals surface area contributed by atoms with E-state index in [2.05, 4.69) is 62.9 Å². The predicted octanol–water partition coefficient (Wildman–Crippen LogP) is 6.64. The average molecular weight is 500 g/mol. The topological polar surface area (TPSA) is 93.5 Å². The minimum Gasteiger partial charge on any atom is -0.406 e. The van der Waals surface area contributed by atoms with Gasteiger partial charge in [-0.3, -0.25) is 0 Å². The van der Waals surface area contributed by atoms with Gasteiger partial charge in [-0.05, 0) is 77.8 Å². The van der Waals surface area contributed by atoms with Crippen molar-refractivity contribution in [1.29, 1.82) is 0 Å². The van der Waals surface area contributed by atoms with Crippen molar-refractivity contribution in [2.45, 2.75) is 59.4 Å². The van der Waals surface area contributed by atoms with E-state index in [4.69, 9.17) is 4.98 Å². The highest BCUT2D eigenvalue weighted by Crippen LogP contribution is 2.51. The smallest absolute Gasteiger partial charge is 0.406 e. The van der Waals surface area contributed by atoms with Crippen LogP contribution in [0.4, 0.5) is 24.8 Å². The van der Waals surface area contributed by atoms with Crippen molar-refractivity contribution in [3.05, 3.63) is 42.5 Å². The minimum absolute atomic E-state index is 0.140. The Morgan fingerprint density at radius 2 is 1.72 bits per heavy atom. The number of aromatic nitrogens is 6. The summed E-state index contributed by atoms with van der Waals surface area (Å²) in [5.41, 5.74) is 3.39. The van der Waals surface area contributed by atoms with Crippen molar-refractivity contribution in [2.24, 2.45) is 10.8 Å². The normalized spacial score (nSPS) is 17.9. The lowest BCUT2D eigenvalue weighted by molar-refractivity contribution is -0.274. The maximum Gasteiger partial charge on any atom is 0.573 e. The van der Waals surface area contributed by atoms with E-state index in [1.165, 1.54) is 12.1 Å². The first kappa shape index (κ1) is 24.1. The molecule has 0 amide bonds. The SMILES string of the molecule is CC1(C)CC(n2c(Nc3ccc(OC(F)(F)F)cc3)nc3cc(-c4nn[nH]n4)ccc32)CC(C)(C)C1. The zero-order chi connectivity index (χ0) is 25.7. The molecular weight excluding hydrogens is 471 g/mol. The molecule has 5 rings (SSSR count). The van der Waals surface area contributed by atoms with Crippen molar-refractivity contribution in [2.75, 3.05) is 5.32 Å². The van der Waals surface area contributed by atoms with Crippen LogP contribution in [0.1, 0.15) is 53.0 Å². The van der Waals surface area contributed by atoms with E-state index in [-0.39, 0.29) is 22.6 Å². The molecule has 1 fully saturated rings. The summed E-state index contributed by atoms with van der Waals surface area (Å²) in [6.45, 7) is 9.17. The molecule has 2 heterocycles. The molecule has 0 aliphatic heterocycles. The van der Waals surface area contributed by atoms with Crippen LogP contribution < -0.4 is 10.1 Å². The van der Waals surface area contributed by atoms with Crippen molar-refractivity contribution in [3.8, 4) is 17.1 Å². The third kappa shape index (κ3) is 5.14. The summed E-state index contributed by atoms with van der Waals surface area (Å²) in [6, 6.07) is 11.7. The molecule has 0 saturated heterocycles. The van der Waals surface area contributed by atoms with Crippen LogP contribution >= 0.6 is 0 Å². The summed E-state index contributed by atoms with van der Waals surface area (Å²) < 4.78 is 43.9. The van der Waals surface area contributed by atoms with Gasteiger partial charge < -0.3 is 14.6 Å². The Kier molecular flexibility index (Phi) is 5.68. The first-order chi connectivity index (χ1) is 16.9. The van der Waals surface area contributed by atoms with Crippen LogP contribution in [0.5, 0.6) is 5.75 Å². The number of alkyl halides is 3. The predicted molar refractivity (Wildman–Crippen MR) is 130 cm³/mol. The van der Waals surface area contributed by atoms with Crippen molar-refractivity contribution >= 4 is 22.7 Å². The fourth-order valence-corrected chi connectivity index (χ4v) is 5.82. The Bertz CT molecular complexity index is 1340. The van der Waals surface area contributed by atoms with E-state index in [0.717, 1.165) is 35.9 Å². The van der Waals surface area contributed by atoms with E-state index in [9.17, 15) is 13.2 Å². The molecule has 190 valence electrons. The molecule has 0 radical (unpaired) electrons. The minimum atomic E-state index is -4.74. The number of rotatable bonds is 5. The van der Waals surface area contributed by atoms with Crippen LogP contribution in [0.15, 0.2) is 42.5 Å². The number of nitrogens with zero attached hydrogens (tertiary/aromatic N) is 5.